The molecule has 4 rings (SSSR count). The molecule has 0 spiro atoms. The predicted octanol–water partition coefficient (Wildman–Crippen LogP) is 5.13. The van der Waals surface area contributed by atoms with E-state index in [0.717, 1.165) is 19.8 Å². The van der Waals surface area contributed by atoms with E-state index < -0.39 is 0 Å². The number of anilines is 2. The van der Waals surface area contributed by atoms with Crippen LogP contribution in [0.4, 0.5) is 11.4 Å². The van der Waals surface area contributed by atoms with Crippen LogP contribution in [0, 0.1) is 13.8 Å². The summed E-state index contributed by atoms with van der Waals surface area (Å²) >= 11 is 7.58. The van der Waals surface area contributed by atoms with E-state index in [4.69, 9.17) is 0 Å². The second kappa shape index (κ2) is 4.75. The largest absolute Gasteiger partial charge is 0.348 e. The molecule has 0 unspecified atom stereocenters. The maximum absolute atomic E-state index is 3.79. The number of hydrogen-bond acceptors (Lipinski definition) is 2. The van der Waals surface area contributed by atoms with E-state index in [2.05, 4.69) is 79.8 Å². The molecule has 2 aromatic carbocycles. The minimum absolute atomic E-state index is 0.962. The third-order valence-electron chi connectivity index (χ3n) is 4.48. The van der Waals surface area contributed by atoms with E-state index in [1.165, 1.54) is 42.6 Å². The summed E-state index contributed by atoms with van der Waals surface area (Å²) in [6, 6.07) is 8.95. The van der Waals surface area contributed by atoms with Crippen LogP contribution in [0.5, 0.6) is 0 Å². The summed E-state index contributed by atoms with van der Waals surface area (Å²) in [6.07, 6.45) is 0. The predicted molar refractivity (Wildman–Crippen MR) is 95.0 cm³/mol. The van der Waals surface area contributed by atoms with E-state index in [0.29, 0.717) is 0 Å². The molecule has 2 aliphatic rings. The molecule has 0 radical (unpaired) electrons. The summed E-state index contributed by atoms with van der Waals surface area (Å²) in [4.78, 5) is 4.94. The Bertz CT molecular complexity index is 691. The molecule has 0 fully saturated rings. The fourth-order valence-electron chi connectivity index (χ4n) is 3.37. The second-order valence-electron chi connectivity index (χ2n) is 5.95. The molecule has 108 valence electrons. The van der Waals surface area contributed by atoms with Gasteiger partial charge in [0.2, 0.25) is 0 Å². The lowest BCUT2D eigenvalue weighted by Gasteiger charge is -2.46. The summed E-state index contributed by atoms with van der Waals surface area (Å²) in [5, 5.41) is 0. The van der Waals surface area contributed by atoms with Gasteiger partial charge in [-0.25, -0.2) is 0 Å². The molecule has 2 aliphatic heterocycles. The highest BCUT2D eigenvalue weighted by Gasteiger charge is 2.32. The van der Waals surface area contributed by atoms with Gasteiger partial charge >= 0.3 is 0 Å². The van der Waals surface area contributed by atoms with Gasteiger partial charge in [-0.2, -0.15) is 0 Å². The zero-order valence-electron chi connectivity index (χ0n) is 12.1. The molecular formula is C17H16Br2N2. The Balaban J connectivity index is 1.89. The first kappa shape index (κ1) is 13.6. The molecule has 2 nitrogen and oxygen atoms in total. The third-order valence-corrected chi connectivity index (χ3v) is 6.48. The van der Waals surface area contributed by atoms with Crippen LogP contribution in [0.1, 0.15) is 22.3 Å². The minimum atomic E-state index is 0.962. The maximum atomic E-state index is 3.79. The standard InChI is InChI=1S/C17H16Br2N2/c1-10-3-5-12-7-21-9-20(16(12)14(10)18)8-13-6-4-11(2)15(19)17(13)21/h3-6H,7-9H2,1-2H3. The van der Waals surface area contributed by atoms with E-state index in [-0.39, 0.29) is 0 Å². The lowest BCUT2D eigenvalue weighted by atomic mass is 9.99. The Labute approximate surface area is 142 Å². The molecule has 4 heteroatoms. The van der Waals surface area contributed by atoms with E-state index >= 15 is 0 Å². The minimum Gasteiger partial charge on any atom is -0.348 e. The van der Waals surface area contributed by atoms with Gasteiger partial charge in [-0.3, -0.25) is 0 Å². The van der Waals surface area contributed by atoms with Crippen LogP contribution in [0.15, 0.2) is 33.2 Å². The second-order valence-corrected chi connectivity index (χ2v) is 7.53. The van der Waals surface area contributed by atoms with Gasteiger partial charge in [-0.1, -0.05) is 24.3 Å². The molecule has 0 N–H and O–H groups in total. The van der Waals surface area contributed by atoms with Crippen molar-refractivity contribution in [2.24, 2.45) is 0 Å². The van der Waals surface area contributed by atoms with E-state index in [1.54, 1.807) is 0 Å². The quantitative estimate of drug-likeness (QED) is 0.597. The SMILES string of the molecule is Cc1ccc2c(c1Br)N1Cc3ccc(C)c(Br)c3N(C2)C1. The highest BCUT2D eigenvalue weighted by molar-refractivity contribution is 9.11. The van der Waals surface area contributed by atoms with Crippen LogP contribution < -0.4 is 9.80 Å². The van der Waals surface area contributed by atoms with Gasteiger partial charge in [0.15, 0.2) is 0 Å². The van der Waals surface area contributed by atoms with Crippen molar-refractivity contribution in [3.8, 4) is 0 Å². The fourth-order valence-corrected chi connectivity index (χ4v) is 4.64. The number of aryl methyl sites for hydroxylation is 2. The smallest absolute Gasteiger partial charge is 0.0910 e. The number of halogens is 2. The molecule has 0 atom stereocenters. The van der Waals surface area contributed by atoms with Crippen molar-refractivity contribution in [2.75, 3.05) is 16.5 Å². The van der Waals surface area contributed by atoms with Crippen molar-refractivity contribution in [2.45, 2.75) is 26.9 Å². The first-order valence-corrected chi connectivity index (χ1v) is 8.70. The molecule has 0 saturated heterocycles. The number of fused-ring (bicyclic) bond motifs is 6. The number of nitrogens with zero attached hydrogens (tertiary/aromatic N) is 2. The van der Waals surface area contributed by atoms with E-state index in [9.17, 15) is 0 Å². The molecule has 2 heterocycles. The lowest BCUT2D eigenvalue weighted by molar-refractivity contribution is 0.647. The van der Waals surface area contributed by atoms with Crippen molar-refractivity contribution < 1.29 is 0 Å². The molecule has 0 aliphatic carbocycles. The van der Waals surface area contributed by atoms with Crippen LogP contribution >= 0.6 is 31.9 Å². The van der Waals surface area contributed by atoms with Gasteiger partial charge in [-0.15, -0.1) is 0 Å². The average Bonchev–Trinajstić information content (AvgIpc) is 2.46. The third kappa shape index (κ3) is 1.95. The highest BCUT2D eigenvalue weighted by atomic mass is 79.9. The van der Waals surface area contributed by atoms with Crippen LogP contribution in [0.3, 0.4) is 0 Å². The number of rotatable bonds is 0. The van der Waals surface area contributed by atoms with Gasteiger partial charge in [0.1, 0.15) is 0 Å². The van der Waals surface area contributed by atoms with Crippen molar-refractivity contribution in [1.82, 2.24) is 0 Å². The maximum Gasteiger partial charge on any atom is 0.0910 e. The van der Waals surface area contributed by atoms with Crippen LogP contribution in [-0.2, 0) is 13.1 Å². The van der Waals surface area contributed by atoms with Crippen molar-refractivity contribution in [3.63, 3.8) is 0 Å². The summed E-state index contributed by atoms with van der Waals surface area (Å²) in [5.74, 6) is 0. The molecule has 0 aromatic heterocycles. The summed E-state index contributed by atoms with van der Waals surface area (Å²) in [5.41, 5.74) is 8.15. The molecular weight excluding hydrogens is 392 g/mol. The van der Waals surface area contributed by atoms with Gasteiger partial charge in [0.25, 0.3) is 0 Å². The first-order valence-electron chi connectivity index (χ1n) is 7.12. The van der Waals surface area contributed by atoms with Crippen LogP contribution in [0.2, 0.25) is 0 Å². The zero-order valence-corrected chi connectivity index (χ0v) is 15.3. The van der Waals surface area contributed by atoms with Crippen molar-refractivity contribution in [3.05, 3.63) is 55.5 Å². The monoisotopic (exact) mass is 406 g/mol. The molecule has 21 heavy (non-hydrogen) atoms. The Morgan fingerprint density at radius 2 is 1.19 bits per heavy atom. The summed E-state index contributed by atoms with van der Waals surface area (Å²) in [6.45, 7) is 7.23. The molecule has 2 bridgehead atoms. The Morgan fingerprint density at radius 1 is 0.762 bits per heavy atom. The fraction of sp³-hybridized carbons (Fsp3) is 0.294. The zero-order chi connectivity index (χ0) is 14.7. The number of hydrogen-bond donors (Lipinski definition) is 0. The van der Waals surface area contributed by atoms with Gasteiger partial charge < -0.3 is 9.80 Å². The first-order chi connectivity index (χ1) is 10.1. The molecule has 2 aromatic rings. The average molecular weight is 408 g/mol. The Morgan fingerprint density at radius 3 is 1.62 bits per heavy atom. The molecule has 0 amide bonds. The normalized spacial score (nSPS) is 15.8. The topological polar surface area (TPSA) is 6.48 Å². The number of benzene rings is 2. The van der Waals surface area contributed by atoms with Crippen molar-refractivity contribution >= 4 is 43.2 Å². The van der Waals surface area contributed by atoms with Gasteiger partial charge in [-0.05, 0) is 68.0 Å². The Kier molecular flexibility index (Phi) is 3.09. The van der Waals surface area contributed by atoms with Crippen LogP contribution in [0.25, 0.3) is 0 Å². The lowest BCUT2D eigenvalue weighted by Crippen LogP contribution is -2.46. The van der Waals surface area contributed by atoms with Gasteiger partial charge in [0, 0.05) is 22.0 Å². The highest BCUT2D eigenvalue weighted by Crippen LogP contribution is 2.45. The van der Waals surface area contributed by atoms with Crippen molar-refractivity contribution in [1.29, 1.82) is 0 Å². The van der Waals surface area contributed by atoms with E-state index in [1.807, 2.05) is 0 Å². The Hall–Kier alpha value is -1.00. The van der Waals surface area contributed by atoms with Crippen LogP contribution in [-0.4, -0.2) is 6.67 Å². The van der Waals surface area contributed by atoms with Gasteiger partial charge in [0.05, 0.1) is 18.0 Å². The summed E-state index contributed by atoms with van der Waals surface area (Å²) in [7, 11) is 0. The summed E-state index contributed by atoms with van der Waals surface area (Å²) < 4.78 is 2.49. The molecule has 0 saturated carbocycles.